The number of hydrogen-bond acceptors (Lipinski definition) is 0. The first-order valence-electron chi connectivity index (χ1n) is 25.7. The summed E-state index contributed by atoms with van der Waals surface area (Å²) < 4.78 is 0. The fourth-order valence-electron chi connectivity index (χ4n) is 11.9. The summed E-state index contributed by atoms with van der Waals surface area (Å²) >= 11 is 0. The summed E-state index contributed by atoms with van der Waals surface area (Å²) in [6.45, 7) is 52.1. The highest BCUT2D eigenvalue weighted by Crippen LogP contribution is 2.45. The van der Waals surface area contributed by atoms with Crippen molar-refractivity contribution in [1.29, 1.82) is 0 Å². The van der Waals surface area contributed by atoms with Crippen molar-refractivity contribution in [2.45, 2.75) is 242 Å². The lowest BCUT2D eigenvalue weighted by molar-refractivity contribution is 0.0302. The lowest BCUT2D eigenvalue weighted by Gasteiger charge is -2.45. The maximum Gasteiger partial charge on any atom is -0.0329 e. The van der Waals surface area contributed by atoms with Crippen LogP contribution in [0.3, 0.4) is 0 Å². The van der Waals surface area contributed by atoms with Crippen LogP contribution in [0.1, 0.15) is 242 Å². The van der Waals surface area contributed by atoms with Crippen LogP contribution in [0.2, 0.25) is 0 Å². The van der Waals surface area contributed by atoms with Gasteiger partial charge in [0.05, 0.1) is 0 Å². The lowest BCUT2D eigenvalue weighted by atomic mass is 9.60. The molecular weight excluding hydrogens is 673 g/mol. The van der Waals surface area contributed by atoms with E-state index in [0.717, 1.165) is 107 Å². The predicted octanol–water partition coefficient (Wildman–Crippen LogP) is 19.0. The molecule has 0 amide bonds. The van der Waals surface area contributed by atoms with Gasteiger partial charge in [-0.15, -0.1) is 0 Å². The van der Waals surface area contributed by atoms with Crippen LogP contribution in [-0.4, -0.2) is 0 Å². The summed E-state index contributed by atoms with van der Waals surface area (Å²) in [5.74, 6) is 17.7. The second-order valence-electron chi connectivity index (χ2n) is 25.1. The average Bonchev–Trinajstić information content (AvgIpc) is 3.94. The molecule has 0 saturated heterocycles. The van der Waals surface area contributed by atoms with E-state index in [1.165, 1.54) is 89.9 Å². The Morgan fingerprint density at radius 1 is 0.304 bits per heavy atom. The molecule has 7 fully saturated rings. The Kier molecular flexibility index (Phi) is 24.2. The van der Waals surface area contributed by atoms with Crippen molar-refractivity contribution in [2.75, 3.05) is 0 Å². The lowest BCUT2D eigenvalue weighted by Crippen LogP contribution is -2.39. The first-order valence-corrected chi connectivity index (χ1v) is 25.7. The number of hydrogen-bond donors (Lipinski definition) is 0. The van der Waals surface area contributed by atoms with E-state index in [-0.39, 0.29) is 0 Å². The Labute approximate surface area is 358 Å². The first kappa shape index (κ1) is 54.0. The smallest absolute Gasteiger partial charge is 0.0329 e. The average molecular weight is 786 g/mol. The van der Waals surface area contributed by atoms with Crippen molar-refractivity contribution in [3.8, 4) is 0 Å². The molecule has 11 atom stereocenters. The summed E-state index contributed by atoms with van der Waals surface area (Å²) in [6, 6.07) is 0. The zero-order valence-corrected chi connectivity index (χ0v) is 43.3. The van der Waals surface area contributed by atoms with E-state index in [4.69, 9.17) is 0 Å². The van der Waals surface area contributed by atoms with Crippen LogP contribution >= 0.6 is 0 Å². The van der Waals surface area contributed by atoms with Gasteiger partial charge in [-0.25, -0.2) is 0 Å². The SMILES string of the molecule is CC1C(C)C(C)C1C.CC1CC(C)C(C)C1.CC1CC(C)[C@@H](C)C1.CC1CCC(C)(C)C1.CC1CCC(C)C1C.CC1CCC(C)C1C.CC1CCCC1(C)C. The molecule has 0 bridgehead atoms. The second kappa shape index (κ2) is 25.1. The van der Waals surface area contributed by atoms with Gasteiger partial charge >= 0.3 is 0 Å². The van der Waals surface area contributed by atoms with E-state index in [1.807, 2.05) is 0 Å². The van der Waals surface area contributed by atoms with Crippen molar-refractivity contribution < 1.29 is 0 Å². The van der Waals surface area contributed by atoms with Crippen LogP contribution < -0.4 is 0 Å². The molecule has 0 aromatic carbocycles. The minimum absolute atomic E-state index is 0.653. The summed E-state index contributed by atoms with van der Waals surface area (Å²) in [7, 11) is 0. The van der Waals surface area contributed by atoms with E-state index < -0.39 is 0 Å². The fourth-order valence-corrected chi connectivity index (χ4v) is 11.9. The van der Waals surface area contributed by atoms with Gasteiger partial charge in [-0.2, -0.15) is 0 Å². The van der Waals surface area contributed by atoms with E-state index in [9.17, 15) is 0 Å². The van der Waals surface area contributed by atoms with Crippen molar-refractivity contribution in [2.24, 2.45) is 117 Å². The molecule has 7 rings (SSSR count). The van der Waals surface area contributed by atoms with Crippen LogP contribution in [0.15, 0.2) is 0 Å². The van der Waals surface area contributed by atoms with E-state index >= 15 is 0 Å². The molecule has 0 spiro atoms. The molecule has 0 radical (unpaired) electrons. The Hall–Kier alpha value is 0. The minimum atomic E-state index is 0.653. The standard InChI is InChI=1S/7C8H16/c2*1-6-4-7(2)8(3)5-6;1-7-4-5-8(2,3)6-7;1-7-5-4-6-8(7,2)3;2*1-6-4-5-7(2)8(6)3;1-5-6(2)8(4)7(5)3/h2*6-8H,4-5H2,1-3H3;2*7H,4-6H2,1-3H3;2*6-8H,4-5H2,1-3H3;5-8H,1-4H3/t6?,7-,8?;;;;;;/m0....../s1. The fraction of sp³-hybridized carbons (Fsp3) is 1.00. The van der Waals surface area contributed by atoms with E-state index in [2.05, 4.69) is 152 Å². The Morgan fingerprint density at radius 2 is 0.607 bits per heavy atom. The van der Waals surface area contributed by atoms with Crippen LogP contribution in [0.4, 0.5) is 0 Å². The monoisotopic (exact) mass is 785 g/mol. The molecule has 0 nitrogen and oxygen atoms in total. The highest BCUT2D eigenvalue weighted by Gasteiger charge is 2.38. The first-order chi connectivity index (χ1) is 25.7. The van der Waals surface area contributed by atoms with Crippen molar-refractivity contribution in [1.82, 2.24) is 0 Å². The summed E-state index contributed by atoms with van der Waals surface area (Å²) in [5, 5.41) is 0. The second-order valence-corrected chi connectivity index (χ2v) is 25.1. The molecule has 0 aromatic heterocycles. The molecule has 7 saturated carbocycles. The third-order valence-electron chi connectivity index (χ3n) is 19.1. The van der Waals surface area contributed by atoms with Gasteiger partial charge in [-0.3, -0.25) is 0 Å². The quantitative estimate of drug-likeness (QED) is 0.229. The van der Waals surface area contributed by atoms with Gasteiger partial charge in [0.25, 0.3) is 0 Å². The van der Waals surface area contributed by atoms with Crippen LogP contribution in [0.5, 0.6) is 0 Å². The van der Waals surface area contributed by atoms with Crippen molar-refractivity contribution >= 4 is 0 Å². The molecule has 0 aliphatic heterocycles. The maximum absolute atomic E-state index is 2.38. The van der Waals surface area contributed by atoms with Crippen LogP contribution in [0.25, 0.3) is 0 Å². The zero-order valence-electron chi connectivity index (χ0n) is 43.3. The van der Waals surface area contributed by atoms with Gasteiger partial charge in [-0.05, 0) is 162 Å². The Balaban J connectivity index is 0.000000327. The highest BCUT2D eigenvalue weighted by atomic mass is 14.4. The molecule has 7 aliphatic rings. The highest BCUT2D eigenvalue weighted by molar-refractivity contribution is 4.87. The summed E-state index contributed by atoms with van der Waals surface area (Å²) in [5.41, 5.74) is 1.32. The molecular formula is C56H112. The molecule has 0 heteroatoms. The van der Waals surface area contributed by atoms with Crippen LogP contribution in [-0.2, 0) is 0 Å². The Morgan fingerprint density at radius 3 is 0.696 bits per heavy atom. The van der Waals surface area contributed by atoms with Crippen molar-refractivity contribution in [3.63, 3.8) is 0 Å². The molecule has 0 N–H and O–H groups in total. The van der Waals surface area contributed by atoms with Gasteiger partial charge in [0.1, 0.15) is 0 Å². The van der Waals surface area contributed by atoms with Gasteiger partial charge in [-0.1, -0.05) is 197 Å². The molecule has 10 unspecified atom stereocenters. The minimum Gasteiger partial charge on any atom is -0.0625 e. The van der Waals surface area contributed by atoms with Gasteiger partial charge in [0.2, 0.25) is 0 Å². The van der Waals surface area contributed by atoms with Gasteiger partial charge in [0.15, 0.2) is 0 Å². The molecule has 0 heterocycles. The van der Waals surface area contributed by atoms with Crippen molar-refractivity contribution in [3.05, 3.63) is 0 Å². The molecule has 56 heavy (non-hydrogen) atoms. The molecule has 0 aromatic rings. The largest absolute Gasteiger partial charge is 0.0625 e. The van der Waals surface area contributed by atoms with Crippen LogP contribution in [0, 0.1) is 117 Å². The van der Waals surface area contributed by atoms with Gasteiger partial charge < -0.3 is 0 Å². The normalized spacial score (nSPS) is 45.3. The summed E-state index contributed by atoms with van der Waals surface area (Å²) in [4.78, 5) is 0. The molecule has 336 valence electrons. The molecule has 7 aliphatic carbocycles. The Bertz CT molecular complexity index is 876. The van der Waals surface area contributed by atoms with E-state index in [0.29, 0.717) is 10.8 Å². The third-order valence-corrected chi connectivity index (χ3v) is 19.1. The maximum atomic E-state index is 2.38. The van der Waals surface area contributed by atoms with Gasteiger partial charge in [0, 0.05) is 0 Å². The summed E-state index contributed by atoms with van der Waals surface area (Å²) in [6.07, 6.45) is 20.4. The third kappa shape index (κ3) is 18.7. The topological polar surface area (TPSA) is 0 Å². The predicted molar refractivity (Wildman–Crippen MR) is 257 cm³/mol. The zero-order chi connectivity index (χ0) is 43.3. The van der Waals surface area contributed by atoms with E-state index in [1.54, 1.807) is 0 Å². The number of rotatable bonds is 0.